The van der Waals surface area contributed by atoms with Crippen molar-refractivity contribution in [1.29, 1.82) is 0 Å². The lowest BCUT2D eigenvalue weighted by Gasteiger charge is -2.33. The van der Waals surface area contributed by atoms with Gasteiger partial charge in [-0.1, -0.05) is 6.07 Å². The molecule has 1 atom stereocenters. The second-order valence-corrected chi connectivity index (χ2v) is 8.58. The van der Waals surface area contributed by atoms with Gasteiger partial charge in [0.25, 0.3) is 5.91 Å². The molecule has 0 radical (unpaired) electrons. The average molecular weight is 486 g/mol. The van der Waals surface area contributed by atoms with E-state index in [1.54, 1.807) is 4.90 Å². The number of likely N-dealkylation sites (tertiary alicyclic amines) is 1. The zero-order valence-electron chi connectivity index (χ0n) is 18.3. The quantitative estimate of drug-likeness (QED) is 0.629. The Morgan fingerprint density at radius 2 is 1.82 bits per heavy atom. The molecule has 1 unspecified atom stereocenters. The number of ether oxygens (including phenoxy) is 2. The fraction of sp³-hybridized carbons (Fsp3) is 0.500. The van der Waals surface area contributed by atoms with Crippen LogP contribution in [-0.2, 0) is 4.74 Å². The van der Waals surface area contributed by atoms with E-state index in [9.17, 15) is 26.7 Å². The number of carbonyl (C=O) groups is 1. The predicted molar refractivity (Wildman–Crippen MR) is 110 cm³/mol. The number of carbonyl (C=O) groups excluding carboxylic acids is 1. The molecule has 184 valence electrons. The van der Waals surface area contributed by atoms with Crippen molar-refractivity contribution in [2.45, 2.75) is 38.6 Å². The van der Waals surface area contributed by atoms with E-state index in [2.05, 4.69) is 20.0 Å². The number of hydrogen-bond acceptors (Lipinski definition) is 6. The summed E-state index contributed by atoms with van der Waals surface area (Å²) >= 11 is 0. The monoisotopic (exact) mass is 486 g/mol. The third kappa shape index (κ3) is 5.21. The number of benzene rings is 1. The summed E-state index contributed by atoms with van der Waals surface area (Å²) in [6.45, 7) is 4.17. The number of alkyl halides is 3. The van der Waals surface area contributed by atoms with Gasteiger partial charge in [-0.05, 0) is 37.7 Å². The molecule has 1 aromatic heterocycles. The van der Waals surface area contributed by atoms with E-state index in [-0.39, 0.29) is 22.8 Å². The Labute approximate surface area is 192 Å². The Bertz CT molecular complexity index is 1040. The standard InChI is InChI=1S/C22H23F5N4O3/c1-13(15-2-3-16(18(24)17(15)23)34-22(25,26)27)30-20-28-10-14(11-29-20)19(32)31-7-4-21(12-31)5-8-33-9-6-21/h2-3,10-11,13H,4-9,12H2,1H3,(H,28,29,30). The molecule has 34 heavy (non-hydrogen) atoms. The molecule has 0 saturated carbocycles. The van der Waals surface area contributed by atoms with E-state index in [1.165, 1.54) is 19.3 Å². The van der Waals surface area contributed by atoms with Crippen molar-refractivity contribution >= 4 is 11.9 Å². The number of nitrogens with one attached hydrogen (secondary N) is 1. The first-order valence-electron chi connectivity index (χ1n) is 10.8. The minimum Gasteiger partial charge on any atom is -0.403 e. The topological polar surface area (TPSA) is 76.6 Å². The van der Waals surface area contributed by atoms with Gasteiger partial charge in [0, 0.05) is 44.3 Å². The minimum absolute atomic E-state index is 0.0433. The minimum atomic E-state index is -5.15. The molecule has 3 heterocycles. The molecule has 2 saturated heterocycles. The molecule has 0 bridgehead atoms. The van der Waals surface area contributed by atoms with Gasteiger partial charge in [-0.2, -0.15) is 4.39 Å². The van der Waals surface area contributed by atoms with Gasteiger partial charge < -0.3 is 19.7 Å². The van der Waals surface area contributed by atoms with E-state index < -0.39 is 29.8 Å². The second kappa shape index (κ2) is 9.32. The van der Waals surface area contributed by atoms with Crippen LogP contribution in [0, 0.1) is 17.0 Å². The van der Waals surface area contributed by atoms with E-state index >= 15 is 0 Å². The fourth-order valence-electron chi connectivity index (χ4n) is 4.37. The van der Waals surface area contributed by atoms with Crippen LogP contribution in [0.5, 0.6) is 5.75 Å². The Morgan fingerprint density at radius 1 is 1.15 bits per heavy atom. The van der Waals surface area contributed by atoms with Crippen molar-refractivity contribution in [1.82, 2.24) is 14.9 Å². The molecule has 1 amide bonds. The third-order valence-electron chi connectivity index (χ3n) is 6.29. The van der Waals surface area contributed by atoms with Crippen molar-refractivity contribution in [3.05, 3.63) is 47.3 Å². The van der Waals surface area contributed by atoms with Crippen molar-refractivity contribution in [3.63, 3.8) is 0 Å². The van der Waals surface area contributed by atoms with Crippen molar-refractivity contribution in [2.75, 3.05) is 31.6 Å². The van der Waals surface area contributed by atoms with Crippen molar-refractivity contribution in [2.24, 2.45) is 5.41 Å². The smallest absolute Gasteiger partial charge is 0.403 e. The Morgan fingerprint density at radius 3 is 2.47 bits per heavy atom. The number of anilines is 1. The van der Waals surface area contributed by atoms with Gasteiger partial charge in [0.05, 0.1) is 11.6 Å². The van der Waals surface area contributed by atoms with Gasteiger partial charge in [0.15, 0.2) is 11.6 Å². The molecule has 2 aromatic rings. The number of nitrogens with zero attached hydrogens (tertiary/aromatic N) is 3. The molecule has 1 spiro atoms. The predicted octanol–water partition coefficient (Wildman–Crippen LogP) is 4.47. The Hall–Kier alpha value is -3.02. The van der Waals surface area contributed by atoms with Crippen molar-refractivity contribution < 1.29 is 36.2 Å². The van der Waals surface area contributed by atoms with Gasteiger partial charge in [0.1, 0.15) is 0 Å². The SMILES string of the molecule is CC(Nc1ncc(C(=O)N2CCC3(CCOCC3)C2)cn1)c1ccc(OC(F)(F)F)c(F)c1F. The zero-order chi connectivity index (χ0) is 24.5. The van der Waals surface area contributed by atoms with Crippen LogP contribution in [0.4, 0.5) is 27.9 Å². The summed E-state index contributed by atoms with van der Waals surface area (Å²) in [5.74, 6) is -4.63. The number of rotatable bonds is 5. The maximum Gasteiger partial charge on any atom is 0.573 e. The second-order valence-electron chi connectivity index (χ2n) is 8.58. The molecule has 1 N–H and O–H groups in total. The van der Waals surface area contributed by atoms with Crippen LogP contribution in [0.3, 0.4) is 0 Å². The lowest BCUT2D eigenvalue weighted by Crippen LogP contribution is -2.35. The highest BCUT2D eigenvalue weighted by Gasteiger charge is 2.41. The maximum absolute atomic E-state index is 14.3. The number of hydrogen-bond donors (Lipinski definition) is 1. The highest BCUT2D eigenvalue weighted by Crippen LogP contribution is 2.40. The van der Waals surface area contributed by atoms with Gasteiger partial charge in [-0.25, -0.2) is 14.4 Å². The highest BCUT2D eigenvalue weighted by molar-refractivity contribution is 5.94. The molecule has 4 rings (SSSR count). The largest absolute Gasteiger partial charge is 0.573 e. The normalized spacial score (nSPS) is 18.7. The maximum atomic E-state index is 14.3. The third-order valence-corrected chi connectivity index (χ3v) is 6.29. The lowest BCUT2D eigenvalue weighted by atomic mass is 9.80. The van der Waals surface area contributed by atoms with Crippen LogP contribution >= 0.6 is 0 Å². The molecule has 1 aromatic carbocycles. The molecule has 7 nitrogen and oxygen atoms in total. The van der Waals surface area contributed by atoms with Gasteiger partial charge in [-0.3, -0.25) is 4.79 Å². The summed E-state index contributed by atoms with van der Waals surface area (Å²) in [5, 5.41) is 2.75. The van der Waals surface area contributed by atoms with Gasteiger partial charge >= 0.3 is 6.36 Å². The summed E-state index contributed by atoms with van der Waals surface area (Å²) < 4.78 is 74.2. The van der Waals surface area contributed by atoms with Crippen LogP contribution in [-0.4, -0.2) is 53.4 Å². The zero-order valence-corrected chi connectivity index (χ0v) is 18.3. The van der Waals surface area contributed by atoms with E-state index in [1.807, 2.05) is 0 Å². The molecule has 12 heteroatoms. The van der Waals surface area contributed by atoms with Crippen LogP contribution < -0.4 is 10.1 Å². The molecule has 2 aliphatic rings. The molecule has 2 fully saturated rings. The van der Waals surface area contributed by atoms with E-state index in [0.29, 0.717) is 37.9 Å². The highest BCUT2D eigenvalue weighted by atomic mass is 19.4. The Kier molecular flexibility index (Phi) is 6.61. The van der Waals surface area contributed by atoms with Gasteiger partial charge in [0.2, 0.25) is 11.8 Å². The summed E-state index contributed by atoms with van der Waals surface area (Å²) in [5.41, 5.74) is 0.161. The van der Waals surface area contributed by atoms with Crippen LogP contribution in [0.25, 0.3) is 0 Å². The first kappa shape index (κ1) is 24.1. The summed E-state index contributed by atoms with van der Waals surface area (Å²) in [7, 11) is 0. The summed E-state index contributed by atoms with van der Waals surface area (Å²) in [6, 6.07) is 0.792. The summed E-state index contributed by atoms with van der Waals surface area (Å²) in [4.78, 5) is 22.8. The van der Waals surface area contributed by atoms with Gasteiger partial charge in [-0.15, -0.1) is 13.2 Å². The van der Waals surface area contributed by atoms with E-state index in [4.69, 9.17) is 4.74 Å². The lowest BCUT2D eigenvalue weighted by molar-refractivity contribution is -0.275. The Balaban J connectivity index is 1.40. The van der Waals surface area contributed by atoms with Crippen molar-refractivity contribution in [3.8, 4) is 5.75 Å². The first-order valence-corrected chi connectivity index (χ1v) is 10.8. The fourth-order valence-corrected chi connectivity index (χ4v) is 4.37. The summed E-state index contributed by atoms with van der Waals surface area (Å²) in [6.07, 6.45) is 0.317. The number of aromatic nitrogens is 2. The molecular formula is C22H23F5N4O3. The molecule has 2 aliphatic heterocycles. The first-order chi connectivity index (χ1) is 16.1. The number of halogens is 5. The molecular weight excluding hydrogens is 463 g/mol. The molecule has 0 aliphatic carbocycles. The van der Waals surface area contributed by atoms with Crippen LogP contribution in [0.1, 0.15) is 48.1 Å². The number of amides is 1. The van der Waals surface area contributed by atoms with E-state index in [0.717, 1.165) is 25.3 Å². The van der Waals surface area contributed by atoms with Crippen LogP contribution in [0.15, 0.2) is 24.5 Å². The average Bonchev–Trinajstić information content (AvgIpc) is 3.19. The van der Waals surface area contributed by atoms with Crippen LogP contribution in [0.2, 0.25) is 0 Å².